The Hall–Kier alpha value is -3.87. The fraction of sp³-hybridized carbons (Fsp3) is 0.136. The van der Waals surface area contributed by atoms with E-state index in [1.165, 1.54) is 10.8 Å². The zero-order valence-electron chi connectivity index (χ0n) is 16.1. The van der Waals surface area contributed by atoms with Gasteiger partial charge in [0, 0.05) is 28.7 Å². The molecule has 2 aromatic heterocycles. The summed E-state index contributed by atoms with van der Waals surface area (Å²) in [7, 11) is 0. The van der Waals surface area contributed by atoms with Gasteiger partial charge in [0.2, 0.25) is 5.88 Å². The molecule has 0 aliphatic rings. The average Bonchev–Trinajstić information content (AvgIpc) is 3.14. The smallest absolute Gasteiger partial charge is 0.265 e. The van der Waals surface area contributed by atoms with E-state index < -0.39 is 0 Å². The molecule has 0 saturated carbocycles. The van der Waals surface area contributed by atoms with E-state index in [2.05, 4.69) is 15.2 Å². The van der Waals surface area contributed by atoms with Crippen molar-refractivity contribution in [1.29, 1.82) is 0 Å². The number of aliphatic imine (C=N–C) groups is 1. The van der Waals surface area contributed by atoms with Crippen LogP contribution >= 0.6 is 0 Å². The first-order chi connectivity index (χ1) is 14.1. The number of aromatic amines is 1. The van der Waals surface area contributed by atoms with Gasteiger partial charge in [-0.2, -0.15) is 5.10 Å². The number of benzene rings is 2. The summed E-state index contributed by atoms with van der Waals surface area (Å²) in [6.07, 6.45) is 1.53. The summed E-state index contributed by atoms with van der Waals surface area (Å²) in [6.45, 7) is 4.33. The summed E-state index contributed by atoms with van der Waals surface area (Å²) in [4.78, 5) is 17.4. The molecule has 0 fully saturated rings. The molecule has 0 unspecified atom stereocenters. The molecule has 0 aliphatic carbocycles. The zero-order chi connectivity index (χ0) is 20.4. The van der Waals surface area contributed by atoms with Crippen molar-refractivity contribution in [3.8, 4) is 17.3 Å². The van der Waals surface area contributed by atoms with Crippen LogP contribution in [-0.4, -0.2) is 32.7 Å². The number of aryl methyl sites for hydroxylation is 1. The predicted octanol–water partition coefficient (Wildman–Crippen LogP) is 3.88. The summed E-state index contributed by atoms with van der Waals surface area (Å²) < 4.78 is 6.73. The van der Waals surface area contributed by atoms with Crippen molar-refractivity contribution in [3.05, 3.63) is 76.2 Å². The van der Waals surface area contributed by atoms with Gasteiger partial charge >= 0.3 is 0 Å². The van der Waals surface area contributed by atoms with E-state index >= 15 is 0 Å². The van der Waals surface area contributed by atoms with E-state index in [9.17, 15) is 9.90 Å². The first kappa shape index (κ1) is 18.5. The van der Waals surface area contributed by atoms with Gasteiger partial charge < -0.3 is 9.84 Å². The molecule has 0 spiro atoms. The number of nitrogens with zero attached hydrogens (tertiary/aromatic N) is 3. The molecular formula is C22H20N4O3. The lowest BCUT2D eigenvalue weighted by Crippen LogP contribution is -2.20. The van der Waals surface area contributed by atoms with Crippen LogP contribution in [0.25, 0.3) is 16.5 Å². The number of aromatic hydroxyl groups is 1. The van der Waals surface area contributed by atoms with Crippen LogP contribution in [0.4, 0.5) is 5.82 Å². The first-order valence-corrected chi connectivity index (χ1v) is 9.24. The molecule has 4 rings (SSSR count). The van der Waals surface area contributed by atoms with E-state index in [1.807, 2.05) is 19.9 Å². The Morgan fingerprint density at radius 3 is 2.55 bits per heavy atom. The van der Waals surface area contributed by atoms with Crippen LogP contribution in [0.5, 0.6) is 11.6 Å². The standard InChI is InChI=1S/C22H20N4O3/c1-3-29-16-10-8-15(9-11-16)26-21(27)18-7-5-4-6-17(18)19(22(26)28)13-23-20-12-14(2)24-25-20/h4-13,28H,3H2,1-2H3,(H,24,25). The van der Waals surface area contributed by atoms with Crippen molar-refractivity contribution < 1.29 is 9.84 Å². The molecule has 0 atom stereocenters. The number of ether oxygens (including phenoxy) is 1. The number of nitrogens with one attached hydrogen (secondary N) is 1. The quantitative estimate of drug-likeness (QED) is 0.508. The number of rotatable bonds is 5. The first-order valence-electron chi connectivity index (χ1n) is 9.24. The van der Waals surface area contributed by atoms with E-state index in [0.717, 1.165) is 5.69 Å². The summed E-state index contributed by atoms with van der Waals surface area (Å²) in [6, 6.07) is 15.9. The number of hydrogen-bond donors (Lipinski definition) is 2. The summed E-state index contributed by atoms with van der Waals surface area (Å²) in [5.41, 5.74) is 1.54. The molecule has 2 N–H and O–H groups in total. The van der Waals surface area contributed by atoms with Gasteiger partial charge in [-0.3, -0.25) is 9.89 Å². The summed E-state index contributed by atoms with van der Waals surface area (Å²) in [5.74, 6) is 0.999. The van der Waals surface area contributed by atoms with Crippen LogP contribution in [0, 0.1) is 6.92 Å². The van der Waals surface area contributed by atoms with Crippen molar-refractivity contribution in [2.24, 2.45) is 4.99 Å². The fourth-order valence-corrected chi connectivity index (χ4v) is 3.19. The van der Waals surface area contributed by atoms with Crippen molar-refractivity contribution in [2.75, 3.05) is 6.61 Å². The Balaban J connectivity index is 1.91. The van der Waals surface area contributed by atoms with Crippen molar-refractivity contribution in [3.63, 3.8) is 0 Å². The van der Waals surface area contributed by atoms with Gasteiger partial charge in [-0.05, 0) is 44.2 Å². The minimum atomic E-state index is -0.310. The number of aromatic nitrogens is 3. The highest BCUT2D eigenvalue weighted by molar-refractivity contribution is 6.02. The number of pyridine rings is 1. The van der Waals surface area contributed by atoms with Crippen molar-refractivity contribution >= 4 is 22.8 Å². The van der Waals surface area contributed by atoms with Gasteiger partial charge in [0.05, 0.1) is 17.9 Å². The molecule has 0 saturated heterocycles. The molecule has 0 aliphatic heterocycles. The van der Waals surface area contributed by atoms with Gasteiger partial charge in [0.25, 0.3) is 5.56 Å². The van der Waals surface area contributed by atoms with Crippen LogP contribution in [0.1, 0.15) is 18.2 Å². The lowest BCUT2D eigenvalue weighted by Gasteiger charge is -2.14. The summed E-state index contributed by atoms with van der Waals surface area (Å²) >= 11 is 0. The lowest BCUT2D eigenvalue weighted by molar-refractivity contribution is 0.340. The second-order valence-corrected chi connectivity index (χ2v) is 6.52. The molecule has 146 valence electrons. The van der Waals surface area contributed by atoms with Crippen LogP contribution in [-0.2, 0) is 0 Å². The maximum atomic E-state index is 13.1. The van der Waals surface area contributed by atoms with Crippen molar-refractivity contribution in [1.82, 2.24) is 14.8 Å². The normalized spacial score (nSPS) is 11.4. The van der Waals surface area contributed by atoms with E-state index in [4.69, 9.17) is 4.74 Å². The van der Waals surface area contributed by atoms with Crippen LogP contribution < -0.4 is 10.3 Å². The minimum Gasteiger partial charge on any atom is -0.494 e. The van der Waals surface area contributed by atoms with Crippen LogP contribution in [0.3, 0.4) is 0 Å². The van der Waals surface area contributed by atoms with Crippen molar-refractivity contribution in [2.45, 2.75) is 13.8 Å². The minimum absolute atomic E-state index is 0.186. The second kappa shape index (κ2) is 7.63. The van der Waals surface area contributed by atoms with Crippen LogP contribution in [0.2, 0.25) is 0 Å². The van der Waals surface area contributed by atoms with Gasteiger partial charge in [-0.15, -0.1) is 0 Å². The Bertz CT molecular complexity index is 1250. The third-order valence-corrected chi connectivity index (χ3v) is 4.53. The highest BCUT2D eigenvalue weighted by Gasteiger charge is 2.16. The Kier molecular flexibility index (Phi) is 4.87. The highest BCUT2D eigenvalue weighted by atomic mass is 16.5. The van der Waals surface area contributed by atoms with E-state index in [-0.39, 0.29) is 11.4 Å². The third kappa shape index (κ3) is 3.50. The lowest BCUT2D eigenvalue weighted by atomic mass is 10.1. The number of H-pyrrole nitrogens is 1. The predicted molar refractivity (Wildman–Crippen MR) is 113 cm³/mol. The number of fused-ring (bicyclic) bond motifs is 1. The molecule has 0 amide bonds. The topological polar surface area (TPSA) is 92.5 Å². The SMILES string of the molecule is CCOc1ccc(-n2c(O)c(C=Nc3cc(C)[nH]n3)c3ccccc3c2=O)cc1. The molecule has 0 radical (unpaired) electrons. The molecule has 2 heterocycles. The summed E-state index contributed by atoms with van der Waals surface area (Å²) in [5, 5.41) is 19.0. The molecule has 4 aromatic rings. The van der Waals surface area contributed by atoms with Gasteiger partial charge in [0.15, 0.2) is 5.82 Å². The van der Waals surface area contributed by atoms with E-state index in [1.54, 1.807) is 48.5 Å². The number of hydrogen-bond acceptors (Lipinski definition) is 5. The monoisotopic (exact) mass is 388 g/mol. The van der Waals surface area contributed by atoms with Gasteiger partial charge in [0.1, 0.15) is 5.75 Å². The van der Waals surface area contributed by atoms with Gasteiger partial charge in [-0.1, -0.05) is 18.2 Å². The van der Waals surface area contributed by atoms with Crippen LogP contribution in [0.15, 0.2) is 64.4 Å². The highest BCUT2D eigenvalue weighted by Crippen LogP contribution is 2.27. The molecule has 0 bridgehead atoms. The second-order valence-electron chi connectivity index (χ2n) is 6.52. The maximum Gasteiger partial charge on any atom is 0.265 e. The molecule has 29 heavy (non-hydrogen) atoms. The largest absolute Gasteiger partial charge is 0.494 e. The Morgan fingerprint density at radius 1 is 1.17 bits per heavy atom. The fourth-order valence-electron chi connectivity index (χ4n) is 3.19. The zero-order valence-corrected chi connectivity index (χ0v) is 16.1. The molecule has 7 heteroatoms. The molecular weight excluding hydrogens is 368 g/mol. The van der Waals surface area contributed by atoms with Gasteiger partial charge in [-0.25, -0.2) is 9.56 Å². The maximum absolute atomic E-state index is 13.1. The molecule has 7 nitrogen and oxygen atoms in total. The van der Waals surface area contributed by atoms with E-state index in [0.29, 0.717) is 40.2 Å². The average molecular weight is 388 g/mol. The Labute approximate surface area is 166 Å². The molecule has 2 aromatic carbocycles. The third-order valence-electron chi connectivity index (χ3n) is 4.53. The Morgan fingerprint density at radius 2 is 1.90 bits per heavy atom.